The van der Waals surface area contributed by atoms with E-state index < -0.39 is 0 Å². The number of halogens is 2. The molecule has 1 atom stereocenters. The fraction of sp³-hybridized carbons (Fsp3) is 0.222. The van der Waals surface area contributed by atoms with E-state index in [2.05, 4.69) is 43.4 Å². The van der Waals surface area contributed by atoms with Crippen molar-refractivity contribution in [2.75, 3.05) is 0 Å². The monoisotopic (exact) mass is 304 g/mol. The maximum atomic E-state index is 5.93. The highest BCUT2D eigenvalue weighted by molar-refractivity contribution is 9.13. The predicted molar refractivity (Wildman–Crippen MR) is 61.4 cm³/mol. The van der Waals surface area contributed by atoms with E-state index in [-0.39, 0.29) is 6.04 Å². The van der Waals surface area contributed by atoms with Crippen molar-refractivity contribution in [1.29, 1.82) is 0 Å². The molecule has 0 saturated carbocycles. The van der Waals surface area contributed by atoms with E-state index in [1.807, 2.05) is 12.1 Å². The fourth-order valence-electron chi connectivity index (χ4n) is 1.02. The van der Waals surface area contributed by atoms with Crippen molar-refractivity contribution in [2.24, 2.45) is 5.73 Å². The van der Waals surface area contributed by atoms with Gasteiger partial charge in [-0.1, -0.05) is 6.08 Å². The average molecular weight is 306 g/mol. The van der Waals surface area contributed by atoms with E-state index in [1.54, 1.807) is 6.20 Å². The molecule has 0 spiro atoms. The molecule has 0 aliphatic heterocycles. The van der Waals surface area contributed by atoms with E-state index in [0.717, 1.165) is 21.1 Å². The molecule has 2 nitrogen and oxygen atoms in total. The molecule has 0 amide bonds. The zero-order valence-electron chi connectivity index (χ0n) is 7.00. The Kier molecular flexibility index (Phi) is 4.09. The quantitative estimate of drug-likeness (QED) is 0.688. The summed E-state index contributed by atoms with van der Waals surface area (Å²) in [5, 5.41) is 0. The SMILES string of the molecule is C=CC[C@H](N)c1ccnc(Br)c1Br. The van der Waals surface area contributed by atoms with Crippen molar-refractivity contribution in [3.8, 4) is 0 Å². The summed E-state index contributed by atoms with van der Waals surface area (Å²) in [5.41, 5.74) is 6.97. The number of hydrogen-bond acceptors (Lipinski definition) is 2. The third kappa shape index (κ3) is 2.62. The highest BCUT2D eigenvalue weighted by Crippen LogP contribution is 2.29. The number of aromatic nitrogens is 1. The Hall–Kier alpha value is -0.190. The number of nitrogens with two attached hydrogens (primary N) is 1. The van der Waals surface area contributed by atoms with Crippen LogP contribution in [0.2, 0.25) is 0 Å². The molecule has 70 valence electrons. The molecular weight excluding hydrogens is 296 g/mol. The molecule has 0 aliphatic carbocycles. The van der Waals surface area contributed by atoms with E-state index >= 15 is 0 Å². The van der Waals surface area contributed by atoms with Gasteiger partial charge in [0.2, 0.25) is 0 Å². The lowest BCUT2D eigenvalue weighted by molar-refractivity contribution is 0.735. The lowest BCUT2D eigenvalue weighted by atomic mass is 10.1. The van der Waals surface area contributed by atoms with Gasteiger partial charge < -0.3 is 5.73 Å². The summed E-state index contributed by atoms with van der Waals surface area (Å²) in [6.07, 6.45) is 4.30. The highest BCUT2D eigenvalue weighted by atomic mass is 79.9. The normalized spacial score (nSPS) is 12.5. The largest absolute Gasteiger partial charge is 0.324 e. The Balaban J connectivity index is 3.00. The predicted octanol–water partition coefficient (Wildman–Crippen LogP) is 3.18. The van der Waals surface area contributed by atoms with Gasteiger partial charge in [-0.3, -0.25) is 0 Å². The van der Waals surface area contributed by atoms with Gasteiger partial charge in [-0.15, -0.1) is 6.58 Å². The van der Waals surface area contributed by atoms with Gasteiger partial charge in [0.05, 0.1) is 4.47 Å². The summed E-state index contributed by atoms with van der Waals surface area (Å²) in [6, 6.07) is 1.88. The fourth-order valence-corrected chi connectivity index (χ4v) is 1.90. The smallest absolute Gasteiger partial charge is 0.120 e. The van der Waals surface area contributed by atoms with Gasteiger partial charge in [-0.25, -0.2) is 4.98 Å². The van der Waals surface area contributed by atoms with Crippen LogP contribution in [-0.2, 0) is 0 Å². The molecule has 0 bridgehead atoms. The first kappa shape index (κ1) is 10.9. The molecule has 0 fully saturated rings. The minimum atomic E-state index is -0.0221. The molecule has 1 rings (SSSR count). The van der Waals surface area contributed by atoms with Crippen LogP contribution in [0.5, 0.6) is 0 Å². The van der Waals surface area contributed by atoms with Crippen LogP contribution in [0.3, 0.4) is 0 Å². The molecule has 0 unspecified atom stereocenters. The third-order valence-electron chi connectivity index (χ3n) is 1.70. The molecule has 13 heavy (non-hydrogen) atoms. The Morgan fingerprint density at radius 2 is 2.31 bits per heavy atom. The standard InChI is InChI=1S/C9H10Br2N2/c1-2-3-7(12)6-4-5-13-9(11)8(6)10/h2,4-5,7H,1,3,12H2/t7-/m0/s1. The van der Waals surface area contributed by atoms with Gasteiger partial charge in [0, 0.05) is 12.2 Å². The van der Waals surface area contributed by atoms with Crippen LogP contribution in [0.25, 0.3) is 0 Å². The molecule has 0 radical (unpaired) electrons. The van der Waals surface area contributed by atoms with Gasteiger partial charge in [-0.2, -0.15) is 0 Å². The molecule has 4 heteroatoms. The summed E-state index contributed by atoms with van der Waals surface area (Å²) in [5.74, 6) is 0. The molecule has 1 aromatic rings. The Bertz CT molecular complexity index is 312. The van der Waals surface area contributed by atoms with Gasteiger partial charge in [0.1, 0.15) is 4.60 Å². The molecule has 0 aromatic carbocycles. The average Bonchev–Trinajstić information content (AvgIpc) is 2.10. The minimum absolute atomic E-state index is 0.0221. The number of rotatable bonds is 3. The lowest BCUT2D eigenvalue weighted by Gasteiger charge is -2.11. The minimum Gasteiger partial charge on any atom is -0.324 e. The maximum absolute atomic E-state index is 5.93. The summed E-state index contributed by atoms with van der Waals surface area (Å²) in [6.45, 7) is 3.66. The van der Waals surface area contributed by atoms with E-state index in [4.69, 9.17) is 5.73 Å². The maximum Gasteiger partial charge on any atom is 0.120 e. The zero-order chi connectivity index (χ0) is 9.84. The summed E-state index contributed by atoms with van der Waals surface area (Å²) >= 11 is 6.75. The Labute approximate surface area is 94.5 Å². The van der Waals surface area contributed by atoms with Crippen LogP contribution < -0.4 is 5.73 Å². The number of pyridine rings is 1. The molecule has 0 saturated heterocycles. The molecular formula is C9H10Br2N2. The zero-order valence-corrected chi connectivity index (χ0v) is 10.2. The van der Waals surface area contributed by atoms with Gasteiger partial charge in [0.15, 0.2) is 0 Å². The molecule has 0 aliphatic rings. The highest BCUT2D eigenvalue weighted by Gasteiger charge is 2.10. The van der Waals surface area contributed by atoms with Crippen LogP contribution >= 0.6 is 31.9 Å². The van der Waals surface area contributed by atoms with Crippen molar-refractivity contribution in [3.05, 3.63) is 39.6 Å². The summed E-state index contributed by atoms with van der Waals surface area (Å²) < 4.78 is 1.70. The van der Waals surface area contributed by atoms with Gasteiger partial charge >= 0.3 is 0 Å². The first-order chi connectivity index (χ1) is 6.16. The van der Waals surface area contributed by atoms with Crippen LogP contribution in [0, 0.1) is 0 Å². The second-order valence-electron chi connectivity index (χ2n) is 2.64. The molecule has 2 N–H and O–H groups in total. The van der Waals surface area contributed by atoms with Gasteiger partial charge in [-0.05, 0) is 49.9 Å². The topological polar surface area (TPSA) is 38.9 Å². The van der Waals surface area contributed by atoms with Crippen molar-refractivity contribution in [2.45, 2.75) is 12.5 Å². The molecule has 1 heterocycles. The van der Waals surface area contributed by atoms with Crippen LogP contribution in [0.15, 0.2) is 34.0 Å². The van der Waals surface area contributed by atoms with E-state index in [0.29, 0.717) is 0 Å². The van der Waals surface area contributed by atoms with Crippen LogP contribution in [0.1, 0.15) is 18.0 Å². The van der Waals surface area contributed by atoms with Crippen LogP contribution in [-0.4, -0.2) is 4.98 Å². The van der Waals surface area contributed by atoms with Gasteiger partial charge in [0.25, 0.3) is 0 Å². The van der Waals surface area contributed by atoms with Crippen LogP contribution in [0.4, 0.5) is 0 Å². The number of nitrogens with zero attached hydrogens (tertiary/aromatic N) is 1. The number of hydrogen-bond donors (Lipinski definition) is 1. The second-order valence-corrected chi connectivity index (χ2v) is 4.18. The molecule has 1 aromatic heterocycles. The first-order valence-electron chi connectivity index (χ1n) is 3.83. The third-order valence-corrected chi connectivity index (χ3v) is 3.66. The second kappa shape index (κ2) is 4.88. The first-order valence-corrected chi connectivity index (χ1v) is 5.41. The van der Waals surface area contributed by atoms with Crippen molar-refractivity contribution < 1.29 is 0 Å². The summed E-state index contributed by atoms with van der Waals surface area (Å²) in [4.78, 5) is 4.07. The Morgan fingerprint density at radius 3 is 2.92 bits per heavy atom. The van der Waals surface area contributed by atoms with Crippen molar-refractivity contribution >= 4 is 31.9 Å². The summed E-state index contributed by atoms with van der Waals surface area (Å²) in [7, 11) is 0. The van der Waals surface area contributed by atoms with Crippen molar-refractivity contribution in [1.82, 2.24) is 4.98 Å². The van der Waals surface area contributed by atoms with Crippen molar-refractivity contribution in [3.63, 3.8) is 0 Å². The van der Waals surface area contributed by atoms with E-state index in [1.165, 1.54) is 0 Å². The van der Waals surface area contributed by atoms with E-state index in [9.17, 15) is 0 Å². The lowest BCUT2D eigenvalue weighted by Crippen LogP contribution is -2.10. The Morgan fingerprint density at radius 1 is 1.62 bits per heavy atom.